The quantitative estimate of drug-likeness (QED) is 0.446. The first-order valence-corrected chi connectivity index (χ1v) is 13.6. The molecule has 188 valence electrons. The van der Waals surface area contributed by atoms with E-state index in [1.54, 1.807) is 7.11 Å². The largest absolute Gasteiger partial charge is 0.497 e. The van der Waals surface area contributed by atoms with Crippen LogP contribution in [0.2, 0.25) is 0 Å². The SMILES string of the molecule is COc1ccc(C2=NOC(C=O)(C3CC[C@H]4[C@@H]5CC=C6C[C@H](O)CC[C@]6(C)[C@H]5CC[C@]34C)C2)cc1. The Labute approximate surface area is 209 Å². The summed E-state index contributed by atoms with van der Waals surface area (Å²) in [5.41, 5.74) is 2.83. The number of carbonyl (C=O) groups excluding carboxylic acids is 1. The number of nitrogens with zero attached hydrogens (tertiary/aromatic N) is 1. The summed E-state index contributed by atoms with van der Waals surface area (Å²) in [4.78, 5) is 18.8. The highest BCUT2D eigenvalue weighted by Gasteiger charge is 2.64. The maximum Gasteiger partial charge on any atom is 0.201 e. The lowest BCUT2D eigenvalue weighted by Gasteiger charge is -2.58. The van der Waals surface area contributed by atoms with Crippen LogP contribution in [0.5, 0.6) is 5.75 Å². The van der Waals surface area contributed by atoms with Crippen LogP contribution in [-0.4, -0.2) is 35.9 Å². The average Bonchev–Trinajstić information content (AvgIpc) is 3.46. The van der Waals surface area contributed by atoms with Crippen molar-refractivity contribution >= 4 is 12.0 Å². The summed E-state index contributed by atoms with van der Waals surface area (Å²) < 4.78 is 5.29. The van der Waals surface area contributed by atoms with Crippen molar-refractivity contribution in [2.45, 2.75) is 83.3 Å². The first-order valence-electron chi connectivity index (χ1n) is 13.6. The van der Waals surface area contributed by atoms with Crippen molar-refractivity contribution in [3.05, 3.63) is 41.5 Å². The van der Waals surface area contributed by atoms with Crippen molar-refractivity contribution in [2.24, 2.45) is 39.7 Å². The molecule has 1 N–H and O–H groups in total. The maximum atomic E-state index is 12.7. The lowest BCUT2D eigenvalue weighted by Crippen LogP contribution is -2.54. The first-order chi connectivity index (χ1) is 16.8. The number of benzene rings is 1. The summed E-state index contributed by atoms with van der Waals surface area (Å²) in [6.07, 6.45) is 12.5. The Balaban J connectivity index is 1.25. The molecule has 5 heteroatoms. The second-order valence-corrected chi connectivity index (χ2v) is 12.4. The highest BCUT2D eigenvalue weighted by Crippen LogP contribution is 2.68. The molecule has 8 atom stereocenters. The van der Waals surface area contributed by atoms with Crippen LogP contribution < -0.4 is 4.74 Å². The predicted octanol–water partition coefficient (Wildman–Crippen LogP) is 5.70. The third-order valence-corrected chi connectivity index (χ3v) is 11.1. The summed E-state index contributed by atoms with van der Waals surface area (Å²) in [6.45, 7) is 4.91. The molecule has 1 heterocycles. The molecule has 6 rings (SSSR count). The number of aldehydes is 1. The Bertz CT molecular complexity index is 1060. The van der Waals surface area contributed by atoms with Gasteiger partial charge in [-0.3, -0.25) is 4.79 Å². The monoisotopic (exact) mass is 477 g/mol. The fourth-order valence-electron chi connectivity index (χ4n) is 9.18. The maximum absolute atomic E-state index is 12.7. The number of aliphatic hydroxyl groups excluding tert-OH is 1. The van der Waals surface area contributed by atoms with E-state index < -0.39 is 5.60 Å². The molecular weight excluding hydrogens is 438 g/mol. The molecule has 0 spiro atoms. The van der Waals surface area contributed by atoms with Gasteiger partial charge >= 0.3 is 0 Å². The van der Waals surface area contributed by atoms with E-state index in [1.807, 2.05) is 24.3 Å². The number of ether oxygens (including phenoxy) is 1. The average molecular weight is 478 g/mol. The van der Waals surface area contributed by atoms with Crippen molar-refractivity contribution < 1.29 is 19.5 Å². The third-order valence-electron chi connectivity index (χ3n) is 11.1. The number of hydrogen-bond acceptors (Lipinski definition) is 5. The normalized spacial score (nSPS) is 44.3. The molecule has 0 amide bonds. The van der Waals surface area contributed by atoms with Gasteiger partial charge in [0.15, 0.2) is 6.29 Å². The number of aliphatic hydroxyl groups is 1. The Morgan fingerprint density at radius 1 is 1.09 bits per heavy atom. The van der Waals surface area contributed by atoms with Crippen LogP contribution in [-0.2, 0) is 9.63 Å². The molecule has 1 aliphatic heterocycles. The summed E-state index contributed by atoms with van der Waals surface area (Å²) >= 11 is 0. The topological polar surface area (TPSA) is 68.1 Å². The van der Waals surface area contributed by atoms with Gasteiger partial charge in [-0.2, -0.15) is 0 Å². The Morgan fingerprint density at radius 2 is 1.89 bits per heavy atom. The molecule has 0 aromatic heterocycles. The van der Waals surface area contributed by atoms with Gasteiger partial charge in [-0.05, 0) is 110 Å². The van der Waals surface area contributed by atoms with Crippen molar-refractivity contribution in [1.82, 2.24) is 0 Å². The van der Waals surface area contributed by atoms with Gasteiger partial charge in [0, 0.05) is 12.3 Å². The van der Waals surface area contributed by atoms with Crippen LogP contribution in [0.1, 0.15) is 77.2 Å². The van der Waals surface area contributed by atoms with E-state index >= 15 is 0 Å². The molecule has 3 fully saturated rings. The zero-order valence-electron chi connectivity index (χ0n) is 21.3. The van der Waals surface area contributed by atoms with E-state index in [0.717, 1.165) is 61.8 Å². The first kappa shape index (κ1) is 23.3. The molecule has 5 aliphatic rings. The van der Waals surface area contributed by atoms with Crippen LogP contribution in [0.4, 0.5) is 0 Å². The van der Waals surface area contributed by atoms with Crippen molar-refractivity contribution in [1.29, 1.82) is 0 Å². The van der Waals surface area contributed by atoms with Gasteiger partial charge in [0.1, 0.15) is 5.75 Å². The molecular formula is C30H39NO4. The molecule has 2 unspecified atom stereocenters. The highest BCUT2D eigenvalue weighted by atomic mass is 16.7. The lowest BCUT2D eigenvalue weighted by molar-refractivity contribution is -0.150. The molecule has 3 saturated carbocycles. The number of carbonyl (C=O) groups is 1. The number of allylic oxidation sites excluding steroid dienone is 1. The summed E-state index contributed by atoms with van der Waals surface area (Å²) in [7, 11) is 1.66. The second-order valence-electron chi connectivity index (χ2n) is 12.4. The highest BCUT2D eigenvalue weighted by molar-refractivity contribution is 6.03. The summed E-state index contributed by atoms with van der Waals surface area (Å²) in [6, 6.07) is 7.87. The van der Waals surface area contributed by atoms with Gasteiger partial charge < -0.3 is 14.7 Å². The minimum absolute atomic E-state index is 0.0861. The van der Waals surface area contributed by atoms with E-state index in [9.17, 15) is 9.90 Å². The van der Waals surface area contributed by atoms with E-state index in [0.29, 0.717) is 24.2 Å². The minimum Gasteiger partial charge on any atom is -0.497 e. The summed E-state index contributed by atoms with van der Waals surface area (Å²) in [5.74, 6) is 2.95. The minimum atomic E-state index is -0.861. The fourth-order valence-corrected chi connectivity index (χ4v) is 9.18. The molecule has 4 aliphatic carbocycles. The smallest absolute Gasteiger partial charge is 0.201 e. The number of methoxy groups -OCH3 is 1. The Morgan fingerprint density at radius 3 is 2.63 bits per heavy atom. The van der Waals surface area contributed by atoms with E-state index in [-0.39, 0.29) is 22.9 Å². The molecule has 1 aromatic rings. The van der Waals surface area contributed by atoms with Gasteiger partial charge in [0.2, 0.25) is 5.60 Å². The van der Waals surface area contributed by atoms with E-state index in [2.05, 4.69) is 25.1 Å². The van der Waals surface area contributed by atoms with Crippen LogP contribution in [0.3, 0.4) is 0 Å². The van der Waals surface area contributed by atoms with Crippen LogP contribution in [0, 0.1) is 34.5 Å². The third kappa shape index (κ3) is 3.37. The van der Waals surface area contributed by atoms with E-state index in [4.69, 9.17) is 9.57 Å². The van der Waals surface area contributed by atoms with Gasteiger partial charge in [0.25, 0.3) is 0 Å². The molecule has 1 aromatic carbocycles. The molecule has 5 nitrogen and oxygen atoms in total. The van der Waals surface area contributed by atoms with Crippen LogP contribution in [0.15, 0.2) is 41.1 Å². The van der Waals surface area contributed by atoms with Gasteiger partial charge in [-0.1, -0.05) is 30.7 Å². The van der Waals surface area contributed by atoms with Crippen LogP contribution >= 0.6 is 0 Å². The molecule has 35 heavy (non-hydrogen) atoms. The Hall–Kier alpha value is -2.14. The van der Waals surface area contributed by atoms with Gasteiger partial charge in [-0.15, -0.1) is 0 Å². The molecule has 0 bridgehead atoms. The summed E-state index contributed by atoms with van der Waals surface area (Å²) in [5, 5.41) is 14.8. The standard InChI is InChI=1S/C30H39NO4/c1-28-14-12-21(33)16-20(28)6-9-23-24-10-11-27(29(24,2)15-13-25(23)28)30(18-32)17-26(31-35-30)19-4-7-22(34-3)8-5-19/h4-8,18,21,23-25,27,33H,9-17H2,1-3H3/t21-,23+,24+,25+,27?,28+,29+,30?/m1/s1. The van der Waals surface area contributed by atoms with Crippen molar-refractivity contribution in [3.63, 3.8) is 0 Å². The lowest BCUT2D eigenvalue weighted by atomic mass is 9.46. The zero-order valence-corrected chi connectivity index (χ0v) is 21.3. The zero-order chi connectivity index (χ0) is 24.4. The number of rotatable bonds is 4. The second kappa shape index (κ2) is 8.19. The molecule has 0 radical (unpaired) electrons. The predicted molar refractivity (Wildman–Crippen MR) is 135 cm³/mol. The van der Waals surface area contributed by atoms with Crippen LogP contribution in [0.25, 0.3) is 0 Å². The number of hydrogen-bond donors (Lipinski definition) is 1. The van der Waals surface area contributed by atoms with Crippen molar-refractivity contribution in [3.8, 4) is 5.75 Å². The Kier molecular flexibility index (Phi) is 5.45. The van der Waals surface area contributed by atoms with Gasteiger partial charge in [-0.25, -0.2) is 0 Å². The van der Waals surface area contributed by atoms with Crippen molar-refractivity contribution in [2.75, 3.05) is 7.11 Å². The fraction of sp³-hybridized carbons (Fsp3) is 0.667. The number of oxime groups is 1. The number of fused-ring (bicyclic) bond motifs is 5. The molecule has 0 saturated heterocycles. The van der Waals surface area contributed by atoms with E-state index in [1.165, 1.54) is 18.4 Å². The van der Waals surface area contributed by atoms with Gasteiger partial charge in [0.05, 0.1) is 18.9 Å².